The molecular weight excluding hydrogens is 326 g/mol. The number of hydrazone groups is 1. The van der Waals surface area contributed by atoms with E-state index < -0.39 is 0 Å². The molecule has 6 heteroatoms. The molecule has 2 heterocycles. The van der Waals surface area contributed by atoms with E-state index in [1.807, 2.05) is 67.7 Å². The fourth-order valence-corrected chi connectivity index (χ4v) is 2.91. The minimum absolute atomic E-state index is 0.326. The van der Waals surface area contributed by atoms with Gasteiger partial charge >= 0.3 is 0 Å². The van der Waals surface area contributed by atoms with Crippen molar-refractivity contribution in [1.29, 1.82) is 0 Å². The van der Waals surface area contributed by atoms with Gasteiger partial charge in [-0.25, -0.2) is 5.43 Å². The summed E-state index contributed by atoms with van der Waals surface area (Å²) < 4.78 is 0. The van der Waals surface area contributed by atoms with E-state index in [9.17, 15) is 4.79 Å². The van der Waals surface area contributed by atoms with Gasteiger partial charge in [-0.15, -0.1) is 0 Å². The van der Waals surface area contributed by atoms with E-state index in [2.05, 4.69) is 25.7 Å². The Hall–Kier alpha value is -3.67. The topological polar surface area (TPSA) is 85.9 Å². The molecule has 0 aliphatic heterocycles. The molecule has 2 aromatic heterocycles. The molecule has 0 spiro atoms. The third-order valence-electron chi connectivity index (χ3n) is 4.27. The Morgan fingerprint density at radius 1 is 1.12 bits per heavy atom. The number of nitrogens with zero attached hydrogens (tertiary/aromatic N) is 2. The van der Waals surface area contributed by atoms with Gasteiger partial charge in [-0.2, -0.15) is 10.2 Å². The molecule has 128 valence electrons. The maximum Gasteiger partial charge on any atom is 0.289 e. The molecule has 0 unspecified atom stereocenters. The van der Waals surface area contributed by atoms with Gasteiger partial charge in [0.2, 0.25) is 0 Å². The first-order valence-electron chi connectivity index (χ1n) is 8.24. The first-order chi connectivity index (χ1) is 12.7. The fraction of sp³-hybridized carbons (Fsp3) is 0.0500. The van der Waals surface area contributed by atoms with E-state index in [-0.39, 0.29) is 5.91 Å². The summed E-state index contributed by atoms with van der Waals surface area (Å²) >= 11 is 0. The van der Waals surface area contributed by atoms with Crippen molar-refractivity contribution in [3.63, 3.8) is 0 Å². The first-order valence-corrected chi connectivity index (χ1v) is 8.24. The molecular formula is C20H17N5O. The second-order valence-electron chi connectivity index (χ2n) is 5.93. The molecule has 0 atom stereocenters. The molecule has 0 aliphatic carbocycles. The van der Waals surface area contributed by atoms with Crippen molar-refractivity contribution >= 4 is 23.0 Å². The highest BCUT2D eigenvalue weighted by Gasteiger charge is 2.16. The minimum atomic E-state index is -0.326. The van der Waals surface area contributed by atoms with Crippen LogP contribution in [0.15, 0.2) is 65.9 Å². The number of amides is 1. The monoisotopic (exact) mass is 343 g/mol. The largest absolute Gasteiger partial charge is 0.361 e. The summed E-state index contributed by atoms with van der Waals surface area (Å²) in [5.41, 5.74) is 7.40. The van der Waals surface area contributed by atoms with Crippen molar-refractivity contribution in [2.45, 2.75) is 6.92 Å². The zero-order valence-electron chi connectivity index (χ0n) is 14.2. The smallest absolute Gasteiger partial charge is 0.289 e. The highest BCUT2D eigenvalue weighted by atomic mass is 16.2. The molecule has 4 rings (SSSR count). The zero-order chi connectivity index (χ0) is 17.9. The summed E-state index contributed by atoms with van der Waals surface area (Å²) in [7, 11) is 0. The number of aromatic amines is 2. The predicted molar refractivity (Wildman–Crippen MR) is 102 cm³/mol. The van der Waals surface area contributed by atoms with Crippen LogP contribution in [0.3, 0.4) is 0 Å². The number of rotatable bonds is 4. The summed E-state index contributed by atoms with van der Waals surface area (Å²) in [4.78, 5) is 15.6. The van der Waals surface area contributed by atoms with E-state index in [0.717, 1.165) is 33.3 Å². The Morgan fingerprint density at radius 2 is 1.88 bits per heavy atom. The van der Waals surface area contributed by atoms with Gasteiger partial charge in [0, 0.05) is 33.8 Å². The van der Waals surface area contributed by atoms with Crippen LogP contribution in [0.5, 0.6) is 0 Å². The average Bonchev–Trinajstić information content (AvgIpc) is 3.26. The second-order valence-corrected chi connectivity index (χ2v) is 5.93. The van der Waals surface area contributed by atoms with Crippen LogP contribution in [0.4, 0.5) is 0 Å². The van der Waals surface area contributed by atoms with E-state index >= 15 is 0 Å². The SMILES string of the molecule is Cc1c(-c2ccccc2)n[nH]c1C(=O)N/N=C/c1c[nH]c2ccccc12. The van der Waals surface area contributed by atoms with E-state index in [1.54, 1.807) is 6.21 Å². The number of fused-ring (bicyclic) bond motifs is 1. The summed E-state index contributed by atoms with van der Waals surface area (Å²) in [6.07, 6.45) is 3.48. The van der Waals surface area contributed by atoms with Gasteiger partial charge in [0.15, 0.2) is 0 Å². The lowest BCUT2D eigenvalue weighted by Gasteiger charge is -2.00. The van der Waals surface area contributed by atoms with Gasteiger partial charge in [0.25, 0.3) is 5.91 Å². The molecule has 4 aromatic rings. The van der Waals surface area contributed by atoms with Crippen molar-refractivity contribution < 1.29 is 4.79 Å². The van der Waals surface area contributed by atoms with Crippen molar-refractivity contribution in [3.05, 3.63) is 77.6 Å². The number of carbonyl (C=O) groups is 1. The Morgan fingerprint density at radius 3 is 2.73 bits per heavy atom. The molecule has 0 saturated carbocycles. The maximum absolute atomic E-state index is 12.4. The Balaban J connectivity index is 1.51. The number of benzene rings is 2. The number of aromatic nitrogens is 3. The maximum atomic E-state index is 12.4. The van der Waals surface area contributed by atoms with Crippen molar-refractivity contribution in [1.82, 2.24) is 20.6 Å². The number of hydrogen-bond donors (Lipinski definition) is 3. The number of carbonyl (C=O) groups excluding carboxylic acids is 1. The third-order valence-corrected chi connectivity index (χ3v) is 4.27. The quantitative estimate of drug-likeness (QED) is 0.390. The summed E-state index contributed by atoms with van der Waals surface area (Å²) in [6.45, 7) is 1.87. The summed E-state index contributed by atoms with van der Waals surface area (Å²) in [5.74, 6) is -0.326. The van der Waals surface area contributed by atoms with Crippen LogP contribution >= 0.6 is 0 Å². The molecule has 2 aromatic carbocycles. The lowest BCUT2D eigenvalue weighted by molar-refractivity contribution is 0.0949. The van der Waals surface area contributed by atoms with Crippen LogP contribution in [0.1, 0.15) is 21.6 Å². The zero-order valence-corrected chi connectivity index (χ0v) is 14.2. The molecule has 6 nitrogen and oxygen atoms in total. The van der Waals surface area contributed by atoms with Gasteiger partial charge in [0.1, 0.15) is 5.69 Å². The van der Waals surface area contributed by atoms with Crippen LogP contribution in [-0.2, 0) is 0 Å². The predicted octanol–water partition coefficient (Wildman–Crippen LogP) is 3.63. The summed E-state index contributed by atoms with van der Waals surface area (Å²) in [6, 6.07) is 17.7. The Labute approximate surface area is 150 Å². The number of para-hydroxylation sites is 1. The van der Waals surface area contributed by atoms with Crippen molar-refractivity contribution in [2.75, 3.05) is 0 Å². The van der Waals surface area contributed by atoms with Gasteiger partial charge < -0.3 is 4.98 Å². The molecule has 0 saturated heterocycles. The van der Waals surface area contributed by atoms with Gasteiger partial charge in [-0.05, 0) is 13.0 Å². The van der Waals surface area contributed by atoms with Crippen molar-refractivity contribution in [2.24, 2.45) is 5.10 Å². The van der Waals surface area contributed by atoms with E-state index in [4.69, 9.17) is 0 Å². The highest BCUT2D eigenvalue weighted by Crippen LogP contribution is 2.22. The normalized spacial score (nSPS) is 11.3. The fourth-order valence-electron chi connectivity index (χ4n) is 2.91. The lowest BCUT2D eigenvalue weighted by Crippen LogP contribution is -2.19. The van der Waals surface area contributed by atoms with Crippen LogP contribution in [0.2, 0.25) is 0 Å². The second kappa shape index (κ2) is 6.68. The van der Waals surface area contributed by atoms with Gasteiger partial charge in [-0.3, -0.25) is 9.89 Å². The van der Waals surface area contributed by atoms with E-state index in [0.29, 0.717) is 5.69 Å². The third kappa shape index (κ3) is 2.88. The Bertz CT molecular complexity index is 1090. The number of hydrogen-bond acceptors (Lipinski definition) is 3. The van der Waals surface area contributed by atoms with Crippen LogP contribution < -0.4 is 5.43 Å². The van der Waals surface area contributed by atoms with Crippen LogP contribution in [-0.4, -0.2) is 27.3 Å². The standard InChI is InChI=1S/C20H17N5O/c1-13-18(14-7-3-2-4-8-14)23-24-19(13)20(26)25-22-12-15-11-21-17-10-6-5-9-16(15)17/h2-12,21H,1H3,(H,23,24)(H,25,26)/b22-12+. The summed E-state index contributed by atoms with van der Waals surface area (Å²) in [5, 5.41) is 12.2. The molecule has 26 heavy (non-hydrogen) atoms. The highest BCUT2D eigenvalue weighted by molar-refractivity contribution is 6.00. The first kappa shape index (κ1) is 15.8. The molecule has 0 radical (unpaired) electrons. The molecule has 0 fully saturated rings. The molecule has 3 N–H and O–H groups in total. The minimum Gasteiger partial charge on any atom is -0.361 e. The molecule has 0 aliphatic rings. The molecule has 0 bridgehead atoms. The molecule has 1 amide bonds. The van der Waals surface area contributed by atoms with Crippen molar-refractivity contribution in [3.8, 4) is 11.3 Å². The average molecular weight is 343 g/mol. The lowest BCUT2D eigenvalue weighted by atomic mass is 10.1. The van der Waals surface area contributed by atoms with Crippen LogP contribution in [0, 0.1) is 6.92 Å². The number of H-pyrrole nitrogens is 2. The van der Waals surface area contributed by atoms with Gasteiger partial charge in [0.05, 0.1) is 11.9 Å². The Kier molecular flexibility index (Phi) is 4.07. The van der Waals surface area contributed by atoms with E-state index in [1.165, 1.54) is 0 Å². The number of nitrogens with one attached hydrogen (secondary N) is 3. The van der Waals surface area contributed by atoms with Crippen LogP contribution in [0.25, 0.3) is 22.2 Å². The van der Waals surface area contributed by atoms with Gasteiger partial charge in [-0.1, -0.05) is 48.5 Å².